The molecule has 2 amide bonds. The number of nitrogens with zero attached hydrogens (tertiary/aromatic N) is 2. The lowest BCUT2D eigenvalue weighted by Gasteiger charge is -2.11. The van der Waals surface area contributed by atoms with Crippen LogP contribution in [0.25, 0.3) is 0 Å². The molecule has 2 atom stereocenters. The van der Waals surface area contributed by atoms with Gasteiger partial charge in [0.2, 0.25) is 0 Å². The number of benzene rings is 2. The van der Waals surface area contributed by atoms with E-state index in [-0.39, 0.29) is 6.03 Å². The molecule has 0 spiro atoms. The van der Waals surface area contributed by atoms with Gasteiger partial charge in [-0.1, -0.05) is 24.3 Å². The van der Waals surface area contributed by atoms with E-state index in [1.165, 1.54) is 0 Å². The molecule has 7 heteroatoms. The third kappa shape index (κ3) is 4.14. The maximum absolute atomic E-state index is 12.4. The van der Waals surface area contributed by atoms with Crippen molar-refractivity contribution in [1.82, 2.24) is 10.6 Å². The molecule has 2 aromatic carbocycles. The smallest absolute Gasteiger partial charge is 0.323 e. The topological polar surface area (TPSA) is 89.9 Å². The summed E-state index contributed by atoms with van der Waals surface area (Å²) >= 11 is 0. The molecule has 0 aromatic heterocycles. The number of aliphatic imine (C=N–C) groups is 2. The van der Waals surface area contributed by atoms with Crippen molar-refractivity contribution in [2.24, 2.45) is 9.98 Å². The average Bonchev–Trinajstić information content (AvgIpc) is 3.30. The summed E-state index contributed by atoms with van der Waals surface area (Å²) in [5.74, 6) is 1.73. The molecule has 2 aliphatic rings. The van der Waals surface area contributed by atoms with Crippen LogP contribution < -0.4 is 21.3 Å². The SMILES string of the molecule is CC1CN=C(c2cccc(NC(=O)Nc3cccc(C4=NCC(C)N4)c3)c2)N1. The molecule has 0 radical (unpaired) electrons. The maximum atomic E-state index is 12.4. The minimum atomic E-state index is -0.293. The molecule has 28 heavy (non-hydrogen) atoms. The normalized spacial score (nSPS) is 20.6. The van der Waals surface area contributed by atoms with Gasteiger partial charge in [0.25, 0.3) is 0 Å². The molecule has 144 valence electrons. The van der Waals surface area contributed by atoms with Crippen molar-refractivity contribution in [3.8, 4) is 0 Å². The van der Waals surface area contributed by atoms with Crippen LogP contribution in [0.5, 0.6) is 0 Å². The van der Waals surface area contributed by atoms with Gasteiger partial charge in [0.1, 0.15) is 11.7 Å². The van der Waals surface area contributed by atoms with Crippen LogP contribution in [0.3, 0.4) is 0 Å². The molecule has 2 aromatic rings. The average molecular weight is 376 g/mol. The lowest BCUT2D eigenvalue weighted by molar-refractivity contribution is 0.262. The lowest BCUT2D eigenvalue weighted by atomic mass is 10.1. The number of rotatable bonds is 4. The highest BCUT2D eigenvalue weighted by Gasteiger charge is 2.16. The van der Waals surface area contributed by atoms with E-state index in [2.05, 4.69) is 45.1 Å². The Morgan fingerprint density at radius 3 is 1.71 bits per heavy atom. The first kappa shape index (κ1) is 18.0. The fourth-order valence-corrected chi connectivity index (χ4v) is 3.24. The van der Waals surface area contributed by atoms with E-state index in [9.17, 15) is 4.79 Å². The Hall–Kier alpha value is -3.35. The standard InChI is InChI=1S/C21H24N6O/c1-13-11-22-19(24-13)15-5-3-7-17(9-15)26-21(28)27-18-8-4-6-16(10-18)20-23-12-14(2)25-20/h3-10,13-14H,11-12H2,1-2H3,(H,22,24)(H,23,25)(H2,26,27,28). The van der Waals surface area contributed by atoms with E-state index in [4.69, 9.17) is 0 Å². The van der Waals surface area contributed by atoms with Crippen LogP contribution in [0.1, 0.15) is 25.0 Å². The van der Waals surface area contributed by atoms with Crippen LogP contribution in [0.4, 0.5) is 16.2 Å². The fraction of sp³-hybridized carbons (Fsp3) is 0.286. The van der Waals surface area contributed by atoms with Crippen molar-refractivity contribution >= 4 is 29.1 Å². The highest BCUT2D eigenvalue weighted by Crippen LogP contribution is 2.16. The number of hydrogen-bond donors (Lipinski definition) is 4. The number of nitrogens with one attached hydrogen (secondary N) is 4. The zero-order valence-corrected chi connectivity index (χ0v) is 16.0. The van der Waals surface area contributed by atoms with Gasteiger partial charge in [0.05, 0.1) is 13.1 Å². The highest BCUT2D eigenvalue weighted by molar-refractivity contribution is 6.04. The van der Waals surface area contributed by atoms with Gasteiger partial charge >= 0.3 is 6.03 Å². The minimum Gasteiger partial charge on any atom is -0.366 e. The van der Waals surface area contributed by atoms with E-state index in [0.717, 1.165) is 35.9 Å². The summed E-state index contributed by atoms with van der Waals surface area (Å²) in [4.78, 5) is 21.4. The molecule has 4 rings (SSSR count). The van der Waals surface area contributed by atoms with Crippen molar-refractivity contribution in [3.05, 3.63) is 59.7 Å². The molecule has 0 saturated heterocycles. The van der Waals surface area contributed by atoms with Gasteiger partial charge in [-0.25, -0.2) is 4.79 Å². The zero-order valence-electron chi connectivity index (χ0n) is 16.0. The molecule has 7 nitrogen and oxygen atoms in total. The van der Waals surface area contributed by atoms with Crippen LogP contribution in [0.2, 0.25) is 0 Å². The van der Waals surface area contributed by atoms with Crippen molar-refractivity contribution in [1.29, 1.82) is 0 Å². The zero-order chi connectivity index (χ0) is 19.5. The lowest BCUT2D eigenvalue weighted by Crippen LogP contribution is -2.28. The third-order valence-corrected chi connectivity index (χ3v) is 4.60. The van der Waals surface area contributed by atoms with Crippen LogP contribution in [-0.2, 0) is 0 Å². The van der Waals surface area contributed by atoms with Gasteiger partial charge in [0, 0.05) is 34.6 Å². The Bertz CT molecular complexity index is 876. The first-order chi connectivity index (χ1) is 13.6. The molecule has 0 saturated carbocycles. The maximum Gasteiger partial charge on any atom is 0.323 e. The molecule has 2 aliphatic heterocycles. The van der Waals surface area contributed by atoms with E-state index < -0.39 is 0 Å². The van der Waals surface area contributed by atoms with E-state index in [1.54, 1.807) is 0 Å². The highest BCUT2D eigenvalue weighted by atomic mass is 16.2. The van der Waals surface area contributed by atoms with Crippen molar-refractivity contribution in [2.75, 3.05) is 23.7 Å². The van der Waals surface area contributed by atoms with Gasteiger partial charge in [-0.15, -0.1) is 0 Å². The molecule has 4 N–H and O–H groups in total. The Morgan fingerprint density at radius 2 is 1.32 bits per heavy atom. The summed E-state index contributed by atoms with van der Waals surface area (Å²) in [5, 5.41) is 12.4. The molecule has 0 aliphatic carbocycles. The van der Waals surface area contributed by atoms with Crippen LogP contribution >= 0.6 is 0 Å². The Morgan fingerprint density at radius 1 is 0.857 bits per heavy atom. The van der Waals surface area contributed by atoms with E-state index in [0.29, 0.717) is 23.5 Å². The van der Waals surface area contributed by atoms with Gasteiger partial charge in [-0.2, -0.15) is 0 Å². The van der Waals surface area contributed by atoms with Gasteiger partial charge in [0.15, 0.2) is 0 Å². The first-order valence-corrected chi connectivity index (χ1v) is 9.48. The number of anilines is 2. The second kappa shape index (κ2) is 7.72. The van der Waals surface area contributed by atoms with E-state index in [1.807, 2.05) is 48.5 Å². The number of carbonyl (C=O) groups excluding carboxylic acids is 1. The molecule has 0 fully saturated rings. The monoisotopic (exact) mass is 376 g/mol. The Kier molecular flexibility index (Phi) is 4.97. The number of hydrogen-bond acceptors (Lipinski definition) is 5. The quantitative estimate of drug-likeness (QED) is 0.661. The molecule has 2 heterocycles. The predicted octanol–water partition coefficient (Wildman–Crippen LogP) is 2.81. The van der Waals surface area contributed by atoms with E-state index >= 15 is 0 Å². The molecular formula is C21H24N6O. The van der Waals surface area contributed by atoms with Crippen molar-refractivity contribution in [2.45, 2.75) is 25.9 Å². The largest absolute Gasteiger partial charge is 0.366 e. The second-order valence-corrected chi connectivity index (χ2v) is 7.21. The van der Waals surface area contributed by atoms with Crippen LogP contribution in [0.15, 0.2) is 58.5 Å². The third-order valence-electron chi connectivity index (χ3n) is 4.60. The summed E-state index contributed by atoms with van der Waals surface area (Å²) in [5.41, 5.74) is 3.35. The fourth-order valence-electron chi connectivity index (χ4n) is 3.24. The van der Waals surface area contributed by atoms with Crippen molar-refractivity contribution in [3.63, 3.8) is 0 Å². The number of amidine groups is 2. The number of urea groups is 1. The van der Waals surface area contributed by atoms with Gasteiger partial charge in [-0.3, -0.25) is 9.98 Å². The number of amides is 2. The summed E-state index contributed by atoms with van der Waals surface area (Å²) in [6, 6.07) is 15.7. The summed E-state index contributed by atoms with van der Waals surface area (Å²) in [6.45, 7) is 5.71. The Labute approximate surface area is 164 Å². The minimum absolute atomic E-state index is 0.293. The van der Waals surface area contributed by atoms with Crippen LogP contribution in [-0.4, -0.2) is 42.9 Å². The van der Waals surface area contributed by atoms with Gasteiger partial charge in [-0.05, 0) is 38.1 Å². The van der Waals surface area contributed by atoms with Crippen LogP contribution in [0, 0.1) is 0 Å². The summed E-state index contributed by atoms with van der Waals surface area (Å²) in [7, 11) is 0. The second-order valence-electron chi connectivity index (χ2n) is 7.21. The summed E-state index contributed by atoms with van der Waals surface area (Å²) < 4.78 is 0. The summed E-state index contributed by atoms with van der Waals surface area (Å²) in [6.07, 6.45) is 0. The Balaban J connectivity index is 1.41. The van der Waals surface area contributed by atoms with Gasteiger partial charge < -0.3 is 21.3 Å². The van der Waals surface area contributed by atoms with Crippen molar-refractivity contribution < 1.29 is 4.79 Å². The number of carbonyl (C=O) groups is 1. The predicted molar refractivity (Wildman–Crippen MR) is 114 cm³/mol. The first-order valence-electron chi connectivity index (χ1n) is 9.48. The molecule has 2 unspecified atom stereocenters. The molecular weight excluding hydrogens is 352 g/mol. The molecule has 0 bridgehead atoms.